The van der Waals surface area contributed by atoms with Crippen LogP contribution in [-0.2, 0) is 16.0 Å². The third-order valence-electron chi connectivity index (χ3n) is 3.93. The van der Waals surface area contributed by atoms with Gasteiger partial charge in [0.05, 0.1) is 12.2 Å². The molecule has 1 N–H and O–H groups in total. The number of esters is 1. The molecule has 0 aliphatic rings. The van der Waals surface area contributed by atoms with Crippen LogP contribution in [0.25, 0.3) is 0 Å². The summed E-state index contributed by atoms with van der Waals surface area (Å²) in [7, 11) is 0. The lowest BCUT2D eigenvalue weighted by atomic mass is 10.1. The van der Waals surface area contributed by atoms with Gasteiger partial charge in [0.15, 0.2) is 12.4 Å². The largest absolute Gasteiger partial charge is 0.484 e. The molecule has 0 radical (unpaired) electrons. The Bertz CT molecular complexity index is 839. The van der Waals surface area contributed by atoms with Crippen molar-refractivity contribution in [1.29, 1.82) is 0 Å². The van der Waals surface area contributed by atoms with E-state index in [1.165, 1.54) is 18.3 Å². The number of hydrogen-bond acceptors (Lipinski definition) is 6. The number of Topliss-reactive ketones (excluding diaryl/α,β-unsaturated/α-hetero) is 1. The van der Waals surface area contributed by atoms with Gasteiger partial charge in [0.2, 0.25) is 0 Å². The molecule has 27 heavy (non-hydrogen) atoms. The molecule has 1 aromatic heterocycles. The molecule has 0 bridgehead atoms. The lowest BCUT2D eigenvalue weighted by molar-refractivity contribution is -0.118. The van der Waals surface area contributed by atoms with Gasteiger partial charge in [-0.15, -0.1) is 11.3 Å². The summed E-state index contributed by atoms with van der Waals surface area (Å²) in [6.45, 7) is 7.13. The highest BCUT2D eigenvalue weighted by atomic mass is 32.1. The fraction of sp³-hybridized carbons (Fsp3) is 0.350. The van der Waals surface area contributed by atoms with E-state index in [9.17, 15) is 14.4 Å². The summed E-state index contributed by atoms with van der Waals surface area (Å²) >= 11 is 1.37. The number of thiophene rings is 1. The van der Waals surface area contributed by atoms with Crippen LogP contribution in [0.5, 0.6) is 5.75 Å². The minimum atomic E-state index is -0.443. The summed E-state index contributed by atoms with van der Waals surface area (Å²) in [4.78, 5) is 36.8. The number of aryl methyl sites for hydroxylation is 1. The van der Waals surface area contributed by atoms with Crippen molar-refractivity contribution in [2.45, 2.75) is 34.1 Å². The van der Waals surface area contributed by atoms with Gasteiger partial charge in [0, 0.05) is 10.4 Å². The van der Waals surface area contributed by atoms with Crippen LogP contribution in [0.15, 0.2) is 24.3 Å². The van der Waals surface area contributed by atoms with Crippen LogP contribution in [0.1, 0.15) is 51.9 Å². The molecule has 0 saturated carbocycles. The van der Waals surface area contributed by atoms with E-state index in [0.29, 0.717) is 21.9 Å². The fourth-order valence-corrected chi connectivity index (χ4v) is 3.68. The van der Waals surface area contributed by atoms with Crippen molar-refractivity contribution in [2.24, 2.45) is 0 Å². The Kier molecular flexibility index (Phi) is 7.12. The summed E-state index contributed by atoms with van der Waals surface area (Å²) in [5.41, 5.74) is 1.81. The Morgan fingerprint density at radius 3 is 2.33 bits per heavy atom. The number of ether oxygens (including phenoxy) is 2. The van der Waals surface area contributed by atoms with Gasteiger partial charge in [-0.2, -0.15) is 0 Å². The van der Waals surface area contributed by atoms with Crippen LogP contribution in [0, 0.1) is 6.92 Å². The van der Waals surface area contributed by atoms with E-state index < -0.39 is 5.97 Å². The number of amides is 1. The minimum absolute atomic E-state index is 0.0365. The zero-order valence-electron chi connectivity index (χ0n) is 15.9. The van der Waals surface area contributed by atoms with E-state index in [1.807, 2.05) is 13.8 Å². The number of benzene rings is 1. The van der Waals surface area contributed by atoms with E-state index in [-0.39, 0.29) is 24.9 Å². The monoisotopic (exact) mass is 389 g/mol. The third kappa shape index (κ3) is 5.17. The highest BCUT2D eigenvalue weighted by Gasteiger charge is 2.23. The molecule has 0 unspecified atom stereocenters. The predicted molar refractivity (Wildman–Crippen MR) is 105 cm³/mol. The van der Waals surface area contributed by atoms with Crippen LogP contribution < -0.4 is 10.1 Å². The first-order chi connectivity index (χ1) is 12.9. The molecule has 0 aliphatic carbocycles. The number of ketones is 1. The van der Waals surface area contributed by atoms with E-state index in [1.54, 1.807) is 31.2 Å². The summed E-state index contributed by atoms with van der Waals surface area (Å²) in [6, 6.07) is 6.56. The van der Waals surface area contributed by atoms with Gasteiger partial charge < -0.3 is 14.8 Å². The van der Waals surface area contributed by atoms with Crippen molar-refractivity contribution in [3.05, 3.63) is 45.8 Å². The van der Waals surface area contributed by atoms with Crippen LogP contribution in [0.3, 0.4) is 0 Å². The SMILES string of the molecule is CCOC(=O)c1c(NC(=O)COc2ccc(C(C)=O)cc2)sc(CC)c1C. The Balaban J connectivity index is 2.06. The molecule has 7 heteroatoms. The number of rotatable bonds is 8. The number of nitrogens with one attached hydrogen (secondary N) is 1. The van der Waals surface area contributed by atoms with E-state index in [4.69, 9.17) is 9.47 Å². The number of anilines is 1. The van der Waals surface area contributed by atoms with Crippen LogP contribution in [-0.4, -0.2) is 30.9 Å². The van der Waals surface area contributed by atoms with E-state index in [0.717, 1.165) is 16.9 Å². The molecule has 0 saturated heterocycles. The molecule has 0 aliphatic heterocycles. The maximum absolute atomic E-state index is 12.3. The van der Waals surface area contributed by atoms with Gasteiger partial charge in [-0.05, 0) is 57.0 Å². The molecule has 0 atom stereocenters. The van der Waals surface area contributed by atoms with Crippen LogP contribution >= 0.6 is 11.3 Å². The Labute approximate surface area is 162 Å². The fourth-order valence-electron chi connectivity index (χ4n) is 2.53. The maximum Gasteiger partial charge on any atom is 0.341 e. The summed E-state index contributed by atoms with van der Waals surface area (Å²) in [5.74, 6) is -0.370. The average molecular weight is 389 g/mol. The summed E-state index contributed by atoms with van der Waals surface area (Å²) < 4.78 is 10.6. The Hall–Kier alpha value is -2.67. The maximum atomic E-state index is 12.3. The first kappa shape index (κ1) is 20.6. The van der Waals surface area contributed by atoms with Gasteiger partial charge in [-0.1, -0.05) is 6.92 Å². The summed E-state index contributed by atoms with van der Waals surface area (Å²) in [6.07, 6.45) is 0.762. The van der Waals surface area contributed by atoms with Gasteiger partial charge >= 0.3 is 5.97 Å². The van der Waals surface area contributed by atoms with Crippen molar-refractivity contribution < 1.29 is 23.9 Å². The molecule has 0 fully saturated rings. The Morgan fingerprint density at radius 1 is 1.11 bits per heavy atom. The zero-order chi connectivity index (χ0) is 20.0. The standard InChI is InChI=1S/C20H23NO5S/c1-5-16-12(3)18(20(24)25-6-2)19(27-16)21-17(23)11-26-15-9-7-14(8-10-15)13(4)22/h7-10H,5-6,11H2,1-4H3,(H,21,23). The zero-order valence-corrected chi connectivity index (χ0v) is 16.7. The smallest absolute Gasteiger partial charge is 0.341 e. The van der Waals surface area contributed by atoms with Gasteiger partial charge in [-0.3, -0.25) is 9.59 Å². The Morgan fingerprint density at radius 2 is 1.78 bits per heavy atom. The molecule has 1 amide bonds. The molecule has 1 aromatic carbocycles. The topological polar surface area (TPSA) is 81.7 Å². The van der Waals surface area contributed by atoms with Gasteiger partial charge in [0.1, 0.15) is 10.8 Å². The average Bonchev–Trinajstić information content (AvgIpc) is 2.95. The van der Waals surface area contributed by atoms with Crippen molar-refractivity contribution in [3.8, 4) is 5.75 Å². The lowest BCUT2D eigenvalue weighted by Gasteiger charge is -2.09. The second-order valence-electron chi connectivity index (χ2n) is 5.85. The van der Waals surface area contributed by atoms with E-state index in [2.05, 4.69) is 5.32 Å². The van der Waals surface area contributed by atoms with Crippen molar-refractivity contribution in [3.63, 3.8) is 0 Å². The quantitative estimate of drug-likeness (QED) is 0.545. The molecule has 1 heterocycles. The first-order valence-electron chi connectivity index (χ1n) is 8.70. The highest BCUT2D eigenvalue weighted by molar-refractivity contribution is 7.17. The number of carbonyl (C=O) groups excluding carboxylic acids is 3. The van der Waals surface area contributed by atoms with Crippen LogP contribution in [0.2, 0.25) is 0 Å². The molecular formula is C20H23NO5S. The lowest BCUT2D eigenvalue weighted by Crippen LogP contribution is -2.21. The third-order valence-corrected chi connectivity index (χ3v) is 5.28. The van der Waals surface area contributed by atoms with E-state index >= 15 is 0 Å². The first-order valence-corrected chi connectivity index (χ1v) is 9.52. The minimum Gasteiger partial charge on any atom is -0.484 e. The normalized spacial score (nSPS) is 10.4. The molecule has 2 rings (SSSR count). The number of carbonyl (C=O) groups is 3. The molecular weight excluding hydrogens is 366 g/mol. The van der Waals surface area contributed by atoms with Gasteiger partial charge in [0.25, 0.3) is 5.91 Å². The molecule has 144 valence electrons. The van der Waals surface area contributed by atoms with Gasteiger partial charge in [-0.25, -0.2) is 4.79 Å². The summed E-state index contributed by atoms with van der Waals surface area (Å²) in [5, 5.41) is 3.22. The number of hydrogen-bond donors (Lipinski definition) is 1. The highest BCUT2D eigenvalue weighted by Crippen LogP contribution is 2.34. The molecule has 2 aromatic rings. The van der Waals surface area contributed by atoms with Crippen molar-refractivity contribution in [1.82, 2.24) is 0 Å². The van der Waals surface area contributed by atoms with Crippen molar-refractivity contribution in [2.75, 3.05) is 18.5 Å². The predicted octanol–water partition coefficient (Wildman–Crippen LogP) is 4.02. The molecule has 6 nitrogen and oxygen atoms in total. The second-order valence-corrected chi connectivity index (χ2v) is 6.95. The van der Waals surface area contributed by atoms with Crippen molar-refractivity contribution >= 4 is 34.0 Å². The molecule has 0 spiro atoms. The van der Waals surface area contributed by atoms with Crippen LogP contribution in [0.4, 0.5) is 5.00 Å². The second kappa shape index (κ2) is 9.32.